The molecule has 5 heteroatoms. The topological polar surface area (TPSA) is 74.5 Å². The summed E-state index contributed by atoms with van der Waals surface area (Å²) in [4.78, 5) is 10.6. The highest BCUT2D eigenvalue weighted by atomic mass is 16.3. The molecule has 0 saturated carbocycles. The monoisotopic (exact) mass is 212 g/mol. The molecule has 1 aromatic heterocycles. The van der Waals surface area contributed by atoms with Crippen LogP contribution in [0.15, 0.2) is 18.3 Å². The van der Waals surface area contributed by atoms with Gasteiger partial charge in [0.25, 0.3) is 0 Å². The van der Waals surface area contributed by atoms with Crippen molar-refractivity contribution in [3.63, 3.8) is 0 Å². The minimum Gasteiger partial charge on any atom is -0.388 e. The summed E-state index contributed by atoms with van der Waals surface area (Å²) in [5.41, 5.74) is 0.618. The second-order valence-corrected chi connectivity index (χ2v) is 3.49. The van der Waals surface area contributed by atoms with Crippen molar-refractivity contribution < 1.29 is 15.0 Å². The molecule has 5 nitrogen and oxygen atoms in total. The van der Waals surface area contributed by atoms with Crippen molar-refractivity contribution in [1.29, 1.82) is 0 Å². The van der Waals surface area contributed by atoms with Crippen LogP contribution in [0.25, 0.3) is 0 Å². The Hall–Kier alpha value is -1.33. The quantitative estimate of drug-likeness (QED) is 0.633. The van der Waals surface area contributed by atoms with Gasteiger partial charge in [0.1, 0.15) is 12.2 Å². The zero-order valence-electron chi connectivity index (χ0n) is 8.84. The molecule has 2 unspecified atom stereocenters. The second kappa shape index (κ2) is 4.95. The Morgan fingerprint density at radius 1 is 1.60 bits per heavy atom. The first-order valence-corrected chi connectivity index (χ1v) is 4.74. The maximum Gasteiger partial charge on any atom is 0.216 e. The molecule has 1 aromatic rings. The number of rotatable bonds is 4. The molecule has 15 heavy (non-hydrogen) atoms. The van der Waals surface area contributed by atoms with Gasteiger partial charge in [0.2, 0.25) is 5.91 Å². The fraction of sp³-hybridized carbons (Fsp3) is 0.500. The van der Waals surface area contributed by atoms with E-state index in [0.29, 0.717) is 5.69 Å². The summed E-state index contributed by atoms with van der Waals surface area (Å²) < 4.78 is 1.72. The average molecular weight is 212 g/mol. The van der Waals surface area contributed by atoms with Crippen LogP contribution in [-0.2, 0) is 11.8 Å². The maximum absolute atomic E-state index is 10.6. The van der Waals surface area contributed by atoms with Crippen molar-refractivity contribution >= 4 is 5.91 Å². The summed E-state index contributed by atoms with van der Waals surface area (Å²) >= 11 is 0. The van der Waals surface area contributed by atoms with Crippen LogP contribution in [0.4, 0.5) is 0 Å². The third-order valence-electron chi connectivity index (χ3n) is 2.21. The van der Waals surface area contributed by atoms with Gasteiger partial charge in [0.05, 0.1) is 0 Å². The van der Waals surface area contributed by atoms with Crippen LogP contribution in [0.1, 0.15) is 18.7 Å². The summed E-state index contributed by atoms with van der Waals surface area (Å²) in [6, 6.07) is 3.51. The van der Waals surface area contributed by atoms with Crippen molar-refractivity contribution in [3.05, 3.63) is 24.0 Å². The standard InChI is InChI=1S/C10H16N2O3/c1-7(13)11-6-9(14)10(15)8-4-3-5-12(8)2/h3-5,9-10,14-15H,6H2,1-2H3,(H,11,13). The lowest BCUT2D eigenvalue weighted by Gasteiger charge is -2.18. The highest BCUT2D eigenvalue weighted by Gasteiger charge is 2.20. The van der Waals surface area contributed by atoms with Crippen LogP contribution in [-0.4, -0.2) is 33.3 Å². The second-order valence-electron chi connectivity index (χ2n) is 3.49. The molecular weight excluding hydrogens is 196 g/mol. The van der Waals surface area contributed by atoms with Crippen molar-refractivity contribution in [2.75, 3.05) is 6.54 Å². The normalized spacial score (nSPS) is 14.7. The molecule has 0 radical (unpaired) electrons. The summed E-state index contributed by atoms with van der Waals surface area (Å²) in [6.07, 6.45) is -0.205. The average Bonchev–Trinajstić information content (AvgIpc) is 2.59. The summed E-state index contributed by atoms with van der Waals surface area (Å²) in [6.45, 7) is 1.41. The molecule has 3 N–H and O–H groups in total. The van der Waals surface area contributed by atoms with Gasteiger partial charge in [-0.15, -0.1) is 0 Å². The molecule has 1 amide bonds. The Bertz CT molecular complexity index is 335. The van der Waals surface area contributed by atoms with Crippen LogP contribution in [0.3, 0.4) is 0 Å². The molecular formula is C10H16N2O3. The van der Waals surface area contributed by atoms with Crippen LogP contribution in [0.2, 0.25) is 0 Å². The molecule has 0 aliphatic rings. The van der Waals surface area contributed by atoms with E-state index in [4.69, 9.17) is 0 Å². The lowest BCUT2D eigenvalue weighted by atomic mass is 10.1. The molecule has 0 bridgehead atoms. The Kier molecular flexibility index (Phi) is 3.88. The first-order chi connectivity index (χ1) is 7.02. The van der Waals surface area contributed by atoms with Gasteiger partial charge in [-0.3, -0.25) is 4.79 Å². The number of amides is 1. The lowest BCUT2D eigenvalue weighted by molar-refractivity contribution is -0.119. The van der Waals surface area contributed by atoms with E-state index >= 15 is 0 Å². The molecule has 0 aliphatic heterocycles. The number of hydrogen-bond acceptors (Lipinski definition) is 3. The molecule has 1 heterocycles. The Labute approximate surface area is 88.3 Å². The molecule has 0 spiro atoms. The van der Waals surface area contributed by atoms with E-state index < -0.39 is 12.2 Å². The van der Waals surface area contributed by atoms with Gasteiger partial charge in [-0.25, -0.2) is 0 Å². The lowest BCUT2D eigenvalue weighted by Crippen LogP contribution is -2.34. The number of carbonyl (C=O) groups excluding carboxylic acids is 1. The van der Waals surface area contributed by atoms with Crippen LogP contribution < -0.4 is 5.32 Å². The van der Waals surface area contributed by atoms with E-state index in [1.54, 1.807) is 29.9 Å². The predicted octanol–water partition coefficient (Wildman–Crippen LogP) is -0.445. The molecule has 0 fully saturated rings. The number of hydrogen-bond donors (Lipinski definition) is 3. The number of nitrogens with zero attached hydrogens (tertiary/aromatic N) is 1. The summed E-state index contributed by atoms with van der Waals surface area (Å²) in [7, 11) is 1.78. The highest BCUT2D eigenvalue weighted by Crippen LogP contribution is 2.16. The first kappa shape index (κ1) is 11.7. The molecule has 0 aliphatic carbocycles. The van der Waals surface area contributed by atoms with Crippen LogP contribution in [0, 0.1) is 0 Å². The number of aliphatic hydroxyl groups excluding tert-OH is 2. The maximum atomic E-state index is 10.6. The van der Waals surface area contributed by atoms with Crippen molar-refractivity contribution in [2.45, 2.75) is 19.1 Å². The molecule has 0 aromatic carbocycles. The van der Waals surface area contributed by atoms with Crippen molar-refractivity contribution in [2.24, 2.45) is 7.05 Å². The molecule has 0 saturated heterocycles. The SMILES string of the molecule is CC(=O)NCC(O)C(O)c1cccn1C. The number of carbonyl (C=O) groups is 1. The Morgan fingerprint density at radius 2 is 2.27 bits per heavy atom. The van der Waals surface area contributed by atoms with E-state index in [1.165, 1.54) is 6.92 Å². The van der Waals surface area contributed by atoms with Gasteiger partial charge in [-0.1, -0.05) is 0 Å². The van der Waals surface area contributed by atoms with Gasteiger partial charge >= 0.3 is 0 Å². The van der Waals surface area contributed by atoms with Crippen molar-refractivity contribution in [3.8, 4) is 0 Å². The van der Waals surface area contributed by atoms with Gasteiger partial charge < -0.3 is 20.1 Å². The van der Waals surface area contributed by atoms with E-state index in [1.807, 2.05) is 0 Å². The Balaban J connectivity index is 2.57. The minimum absolute atomic E-state index is 0.0433. The van der Waals surface area contributed by atoms with Crippen molar-refractivity contribution in [1.82, 2.24) is 9.88 Å². The third-order valence-corrected chi connectivity index (χ3v) is 2.21. The zero-order chi connectivity index (χ0) is 11.4. The Morgan fingerprint density at radius 3 is 2.73 bits per heavy atom. The van der Waals surface area contributed by atoms with Gasteiger partial charge in [0.15, 0.2) is 0 Å². The summed E-state index contributed by atoms with van der Waals surface area (Å²) in [5, 5.41) is 21.8. The minimum atomic E-state index is -0.998. The molecule has 84 valence electrons. The third kappa shape index (κ3) is 3.07. The number of aryl methyl sites for hydroxylation is 1. The van der Waals surface area contributed by atoms with Crippen LogP contribution >= 0.6 is 0 Å². The van der Waals surface area contributed by atoms with Crippen LogP contribution in [0.5, 0.6) is 0 Å². The van der Waals surface area contributed by atoms with Gasteiger partial charge in [0, 0.05) is 32.4 Å². The fourth-order valence-electron chi connectivity index (χ4n) is 1.34. The highest BCUT2D eigenvalue weighted by molar-refractivity contribution is 5.72. The smallest absolute Gasteiger partial charge is 0.216 e. The van der Waals surface area contributed by atoms with E-state index in [2.05, 4.69) is 5.32 Å². The zero-order valence-corrected chi connectivity index (χ0v) is 8.84. The van der Waals surface area contributed by atoms with E-state index in [9.17, 15) is 15.0 Å². The number of aliphatic hydroxyl groups is 2. The molecule has 1 rings (SSSR count). The largest absolute Gasteiger partial charge is 0.388 e. The fourth-order valence-corrected chi connectivity index (χ4v) is 1.34. The van der Waals surface area contributed by atoms with Gasteiger partial charge in [-0.05, 0) is 12.1 Å². The number of aromatic nitrogens is 1. The number of nitrogens with one attached hydrogen (secondary N) is 1. The van der Waals surface area contributed by atoms with Gasteiger partial charge in [-0.2, -0.15) is 0 Å². The molecule has 2 atom stereocenters. The first-order valence-electron chi connectivity index (χ1n) is 4.74. The van der Waals surface area contributed by atoms with E-state index in [0.717, 1.165) is 0 Å². The summed E-state index contributed by atoms with van der Waals surface area (Å²) in [5.74, 6) is -0.229. The predicted molar refractivity (Wildman–Crippen MR) is 55.1 cm³/mol. The van der Waals surface area contributed by atoms with E-state index in [-0.39, 0.29) is 12.5 Å².